The molecule has 2 aromatic rings. The van der Waals surface area contributed by atoms with Gasteiger partial charge in [-0.25, -0.2) is 9.38 Å². The maximum Gasteiger partial charge on any atom is 0.251 e. The first-order valence-corrected chi connectivity index (χ1v) is 10.1. The molecule has 5 nitrogen and oxygen atoms in total. The van der Waals surface area contributed by atoms with Crippen LogP contribution in [0, 0.1) is 5.82 Å². The fourth-order valence-electron chi connectivity index (χ4n) is 2.63. The summed E-state index contributed by atoms with van der Waals surface area (Å²) in [4.78, 5) is 16.1. The molecule has 0 fully saturated rings. The summed E-state index contributed by atoms with van der Waals surface area (Å²) in [5, 5.41) is 9.08. The van der Waals surface area contributed by atoms with E-state index < -0.39 is 0 Å². The molecule has 150 valence electrons. The Balaban J connectivity index is 1.85. The van der Waals surface area contributed by atoms with Gasteiger partial charge < -0.3 is 16.0 Å². The van der Waals surface area contributed by atoms with Crippen LogP contribution in [-0.2, 0) is 13.0 Å². The largest absolute Gasteiger partial charge is 0.357 e. The molecule has 0 atom stereocenters. The van der Waals surface area contributed by atoms with Gasteiger partial charge in [0.2, 0.25) is 0 Å². The Labute approximate surface area is 174 Å². The highest BCUT2D eigenvalue weighted by Crippen LogP contribution is 2.16. The Bertz CT molecular complexity index is 809. The molecule has 0 bridgehead atoms. The highest BCUT2D eigenvalue weighted by Gasteiger charge is 2.04. The van der Waals surface area contributed by atoms with Crippen LogP contribution >= 0.6 is 15.9 Å². The molecule has 0 aliphatic carbocycles. The number of benzene rings is 2. The summed E-state index contributed by atoms with van der Waals surface area (Å²) in [7, 11) is 1.61. The van der Waals surface area contributed by atoms with Gasteiger partial charge in [-0.05, 0) is 55.2 Å². The first-order chi connectivity index (χ1) is 13.5. The van der Waals surface area contributed by atoms with Gasteiger partial charge in [-0.1, -0.05) is 34.1 Å². The number of halogens is 2. The maximum absolute atomic E-state index is 13.9. The number of hydrogen-bond acceptors (Lipinski definition) is 2. The lowest BCUT2D eigenvalue weighted by Gasteiger charge is -2.11. The van der Waals surface area contributed by atoms with Crippen molar-refractivity contribution in [3.05, 3.63) is 69.4 Å². The van der Waals surface area contributed by atoms with Crippen LogP contribution in [0.1, 0.15) is 34.8 Å². The SMILES string of the molecule is CCNC(=NCc1ccc(C(=O)NC)cc1)NCCCc1ccc(Br)cc1F. The molecule has 0 aromatic heterocycles. The minimum absolute atomic E-state index is 0.104. The summed E-state index contributed by atoms with van der Waals surface area (Å²) >= 11 is 3.27. The molecule has 0 saturated carbocycles. The molecular weight excluding hydrogens is 423 g/mol. The Morgan fingerprint density at radius 1 is 1.14 bits per heavy atom. The van der Waals surface area contributed by atoms with Crippen molar-refractivity contribution < 1.29 is 9.18 Å². The molecule has 0 heterocycles. The molecule has 28 heavy (non-hydrogen) atoms. The molecule has 0 aliphatic rings. The summed E-state index contributed by atoms with van der Waals surface area (Å²) in [5.41, 5.74) is 2.35. The van der Waals surface area contributed by atoms with E-state index in [1.54, 1.807) is 25.2 Å². The summed E-state index contributed by atoms with van der Waals surface area (Å²) < 4.78 is 14.6. The fraction of sp³-hybridized carbons (Fsp3) is 0.333. The molecule has 0 spiro atoms. The number of carbonyl (C=O) groups excluding carboxylic acids is 1. The minimum atomic E-state index is -0.185. The number of nitrogens with one attached hydrogen (secondary N) is 3. The van der Waals surface area contributed by atoms with Crippen molar-refractivity contribution in [1.29, 1.82) is 0 Å². The van der Waals surface area contributed by atoms with E-state index in [0.29, 0.717) is 36.6 Å². The lowest BCUT2D eigenvalue weighted by molar-refractivity contribution is 0.0963. The van der Waals surface area contributed by atoms with Crippen LogP contribution in [0.3, 0.4) is 0 Å². The maximum atomic E-state index is 13.9. The fourth-order valence-corrected chi connectivity index (χ4v) is 2.96. The zero-order valence-corrected chi connectivity index (χ0v) is 17.8. The summed E-state index contributed by atoms with van der Waals surface area (Å²) in [6.45, 7) is 3.96. The summed E-state index contributed by atoms with van der Waals surface area (Å²) in [6.07, 6.45) is 1.45. The topological polar surface area (TPSA) is 65.5 Å². The molecule has 3 N–H and O–H groups in total. The second-order valence-electron chi connectivity index (χ2n) is 6.24. The van der Waals surface area contributed by atoms with Crippen LogP contribution in [0.25, 0.3) is 0 Å². The molecule has 1 amide bonds. The second kappa shape index (κ2) is 11.4. The average molecular weight is 449 g/mol. The number of hydrogen-bond donors (Lipinski definition) is 3. The Hall–Kier alpha value is -2.41. The van der Waals surface area contributed by atoms with Crippen molar-refractivity contribution in [3.63, 3.8) is 0 Å². The smallest absolute Gasteiger partial charge is 0.251 e. The van der Waals surface area contributed by atoms with Gasteiger partial charge in [-0.3, -0.25) is 4.79 Å². The number of aryl methyl sites for hydroxylation is 1. The van der Waals surface area contributed by atoms with Gasteiger partial charge in [-0.15, -0.1) is 0 Å². The first kappa shape index (κ1) is 21.9. The van der Waals surface area contributed by atoms with Crippen LogP contribution in [-0.4, -0.2) is 32.0 Å². The Kier molecular flexibility index (Phi) is 8.94. The predicted octanol–water partition coefficient (Wildman–Crippen LogP) is 3.64. The van der Waals surface area contributed by atoms with Crippen molar-refractivity contribution in [2.24, 2.45) is 4.99 Å². The summed E-state index contributed by atoms with van der Waals surface area (Å²) in [6, 6.07) is 12.5. The van der Waals surface area contributed by atoms with Crippen LogP contribution < -0.4 is 16.0 Å². The normalized spacial score (nSPS) is 11.2. The van der Waals surface area contributed by atoms with E-state index in [-0.39, 0.29) is 11.7 Å². The molecule has 7 heteroatoms. The van der Waals surface area contributed by atoms with E-state index in [4.69, 9.17) is 0 Å². The number of amides is 1. The first-order valence-electron chi connectivity index (χ1n) is 9.30. The van der Waals surface area contributed by atoms with Gasteiger partial charge in [0.1, 0.15) is 5.82 Å². The molecule has 2 rings (SSSR count). The van der Waals surface area contributed by atoms with Crippen LogP contribution in [0.2, 0.25) is 0 Å². The van der Waals surface area contributed by atoms with Gasteiger partial charge in [-0.2, -0.15) is 0 Å². The standard InChI is InChI=1S/C21H26BrFN4O/c1-3-25-21(26-12-4-5-16-10-11-18(22)13-19(16)23)27-14-15-6-8-17(9-7-15)20(28)24-2/h6-11,13H,3-5,12,14H2,1-2H3,(H,24,28)(H2,25,26,27). The van der Waals surface area contributed by atoms with Gasteiger partial charge in [0.05, 0.1) is 6.54 Å². The average Bonchev–Trinajstić information content (AvgIpc) is 2.70. The van der Waals surface area contributed by atoms with E-state index in [0.717, 1.165) is 23.0 Å². The van der Waals surface area contributed by atoms with Crippen LogP contribution in [0.4, 0.5) is 4.39 Å². The molecule has 0 aliphatic heterocycles. The van der Waals surface area contributed by atoms with Gasteiger partial charge in [0, 0.05) is 30.2 Å². The Morgan fingerprint density at radius 3 is 2.54 bits per heavy atom. The third kappa shape index (κ3) is 6.96. The third-order valence-corrected chi connectivity index (χ3v) is 4.63. The number of carbonyl (C=O) groups is 1. The zero-order chi connectivity index (χ0) is 20.4. The Morgan fingerprint density at radius 2 is 1.89 bits per heavy atom. The molecule has 0 unspecified atom stereocenters. The highest BCUT2D eigenvalue weighted by atomic mass is 79.9. The van der Waals surface area contributed by atoms with E-state index in [1.165, 1.54) is 6.07 Å². The predicted molar refractivity (Wildman–Crippen MR) is 115 cm³/mol. The molecular formula is C21H26BrFN4O. The number of aliphatic imine (C=N–C) groups is 1. The van der Waals surface area contributed by atoms with E-state index in [9.17, 15) is 9.18 Å². The van der Waals surface area contributed by atoms with Crippen molar-refractivity contribution in [1.82, 2.24) is 16.0 Å². The van der Waals surface area contributed by atoms with Crippen molar-refractivity contribution in [2.75, 3.05) is 20.1 Å². The van der Waals surface area contributed by atoms with E-state index >= 15 is 0 Å². The number of rotatable bonds is 8. The van der Waals surface area contributed by atoms with Gasteiger partial charge in [0.25, 0.3) is 5.91 Å². The zero-order valence-electron chi connectivity index (χ0n) is 16.2. The van der Waals surface area contributed by atoms with Gasteiger partial charge in [0.15, 0.2) is 5.96 Å². The van der Waals surface area contributed by atoms with E-state index in [2.05, 4.69) is 36.9 Å². The van der Waals surface area contributed by atoms with Crippen LogP contribution in [0.15, 0.2) is 51.9 Å². The van der Waals surface area contributed by atoms with Crippen LogP contribution in [0.5, 0.6) is 0 Å². The van der Waals surface area contributed by atoms with Crippen molar-refractivity contribution in [3.8, 4) is 0 Å². The summed E-state index contributed by atoms with van der Waals surface area (Å²) in [5.74, 6) is 0.427. The molecule has 0 radical (unpaired) electrons. The van der Waals surface area contributed by atoms with Crippen molar-refractivity contribution >= 4 is 27.8 Å². The molecule has 2 aromatic carbocycles. The lowest BCUT2D eigenvalue weighted by Crippen LogP contribution is -2.37. The third-order valence-electron chi connectivity index (χ3n) is 4.14. The lowest BCUT2D eigenvalue weighted by atomic mass is 10.1. The minimum Gasteiger partial charge on any atom is -0.357 e. The molecule has 0 saturated heterocycles. The quantitative estimate of drug-likeness (QED) is 0.328. The number of guanidine groups is 1. The van der Waals surface area contributed by atoms with Gasteiger partial charge >= 0.3 is 0 Å². The number of nitrogens with zero attached hydrogens (tertiary/aromatic N) is 1. The van der Waals surface area contributed by atoms with Crippen molar-refractivity contribution in [2.45, 2.75) is 26.3 Å². The second-order valence-corrected chi connectivity index (χ2v) is 7.15. The monoisotopic (exact) mass is 448 g/mol. The van der Waals surface area contributed by atoms with E-state index in [1.807, 2.05) is 25.1 Å². The highest BCUT2D eigenvalue weighted by molar-refractivity contribution is 9.10.